The monoisotopic (exact) mass is 159 g/mol. The van der Waals surface area contributed by atoms with E-state index in [1.54, 1.807) is 0 Å². The van der Waals surface area contributed by atoms with E-state index in [-0.39, 0.29) is 5.41 Å². The molecular weight excluding hydrogens is 148 g/mol. The minimum atomic E-state index is -0.249. The molecule has 2 rings (SSSR count). The molecule has 0 unspecified atom stereocenters. The molecule has 0 aromatic heterocycles. The Bertz CT molecular complexity index is 272. The normalized spacial score (nSPS) is 19.7. The summed E-state index contributed by atoms with van der Waals surface area (Å²) in [5, 5.41) is 0. The van der Waals surface area contributed by atoms with Gasteiger partial charge in [-0.3, -0.25) is 4.79 Å². The van der Waals surface area contributed by atoms with Crippen LogP contribution in [0.15, 0.2) is 30.3 Å². The SMILES string of the molecule is O=[C]C1(c2ccccc2)CCC1. The molecule has 1 aliphatic rings. The maximum Gasteiger partial charge on any atom is 0.209 e. The zero-order chi connectivity index (χ0) is 8.44. The maximum absolute atomic E-state index is 10.8. The molecule has 0 N–H and O–H groups in total. The zero-order valence-corrected chi connectivity index (χ0v) is 6.92. The van der Waals surface area contributed by atoms with E-state index in [9.17, 15) is 4.79 Å². The molecule has 0 bridgehead atoms. The lowest BCUT2D eigenvalue weighted by Crippen LogP contribution is -2.35. The molecule has 1 aromatic rings. The van der Waals surface area contributed by atoms with E-state index in [2.05, 4.69) is 6.29 Å². The van der Waals surface area contributed by atoms with Crippen LogP contribution in [-0.4, -0.2) is 6.29 Å². The summed E-state index contributed by atoms with van der Waals surface area (Å²) in [5.74, 6) is 0. The van der Waals surface area contributed by atoms with Gasteiger partial charge in [-0.25, -0.2) is 0 Å². The molecule has 1 heteroatoms. The van der Waals surface area contributed by atoms with Crippen molar-refractivity contribution in [2.24, 2.45) is 0 Å². The van der Waals surface area contributed by atoms with Crippen LogP contribution in [-0.2, 0) is 10.2 Å². The summed E-state index contributed by atoms with van der Waals surface area (Å²) in [6.07, 6.45) is 5.28. The molecule has 0 heterocycles. The first-order chi connectivity index (χ1) is 5.87. The van der Waals surface area contributed by atoms with Gasteiger partial charge in [0.15, 0.2) is 0 Å². The average Bonchev–Trinajstić information content (AvgIpc) is 2.05. The van der Waals surface area contributed by atoms with Crippen molar-refractivity contribution in [2.45, 2.75) is 24.7 Å². The summed E-state index contributed by atoms with van der Waals surface area (Å²) in [5.41, 5.74) is 0.882. The number of benzene rings is 1. The van der Waals surface area contributed by atoms with Crippen LogP contribution in [0.4, 0.5) is 0 Å². The second-order valence-corrected chi connectivity index (χ2v) is 3.40. The van der Waals surface area contributed by atoms with Gasteiger partial charge in [0.25, 0.3) is 0 Å². The molecule has 1 saturated carbocycles. The highest BCUT2D eigenvalue weighted by Gasteiger charge is 2.39. The second-order valence-electron chi connectivity index (χ2n) is 3.40. The van der Waals surface area contributed by atoms with Gasteiger partial charge in [0, 0.05) is 0 Å². The van der Waals surface area contributed by atoms with Crippen molar-refractivity contribution in [3.05, 3.63) is 35.9 Å². The minimum Gasteiger partial charge on any atom is -0.290 e. The quantitative estimate of drug-likeness (QED) is 0.646. The Labute approximate surface area is 72.4 Å². The molecule has 0 aliphatic heterocycles. The fourth-order valence-electron chi connectivity index (χ4n) is 1.74. The fourth-order valence-corrected chi connectivity index (χ4v) is 1.74. The Morgan fingerprint density at radius 2 is 1.83 bits per heavy atom. The molecule has 1 fully saturated rings. The van der Waals surface area contributed by atoms with E-state index in [1.807, 2.05) is 30.3 Å². The molecule has 61 valence electrons. The van der Waals surface area contributed by atoms with Crippen LogP contribution in [0, 0.1) is 0 Å². The summed E-state index contributed by atoms with van der Waals surface area (Å²) in [6, 6.07) is 9.97. The largest absolute Gasteiger partial charge is 0.290 e. The van der Waals surface area contributed by atoms with Crippen molar-refractivity contribution < 1.29 is 4.79 Å². The van der Waals surface area contributed by atoms with Crippen molar-refractivity contribution in [3.8, 4) is 0 Å². The summed E-state index contributed by atoms with van der Waals surface area (Å²) >= 11 is 0. The molecule has 0 atom stereocenters. The van der Waals surface area contributed by atoms with E-state index in [0.29, 0.717) is 0 Å². The molecule has 12 heavy (non-hydrogen) atoms. The molecule has 0 amide bonds. The highest BCUT2D eigenvalue weighted by atomic mass is 16.1. The molecule has 1 aliphatic carbocycles. The van der Waals surface area contributed by atoms with Gasteiger partial charge in [-0.1, -0.05) is 36.8 Å². The van der Waals surface area contributed by atoms with Gasteiger partial charge in [-0.15, -0.1) is 0 Å². The van der Waals surface area contributed by atoms with Crippen LogP contribution < -0.4 is 0 Å². The standard InChI is InChI=1S/C11H11O/c12-9-11(7-4-8-11)10-5-2-1-3-6-10/h1-3,5-6H,4,7-8H2. The summed E-state index contributed by atoms with van der Waals surface area (Å²) in [7, 11) is 0. The fraction of sp³-hybridized carbons (Fsp3) is 0.364. The van der Waals surface area contributed by atoms with E-state index < -0.39 is 0 Å². The number of hydrogen-bond donors (Lipinski definition) is 0. The third-order valence-electron chi connectivity index (χ3n) is 2.73. The van der Waals surface area contributed by atoms with Crippen molar-refractivity contribution in [1.29, 1.82) is 0 Å². The first kappa shape index (κ1) is 7.53. The Balaban J connectivity index is 2.34. The smallest absolute Gasteiger partial charge is 0.209 e. The van der Waals surface area contributed by atoms with E-state index >= 15 is 0 Å². The summed E-state index contributed by atoms with van der Waals surface area (Å²) in [4.78, 5) is 10.8. The predicted molar refractivity (Wildman–Crippen MR) is 47.7 cm³/mol. The van der Waals surface area contributed by atoms with Gasteiger partial charge in [0.05, 0.1) is 5.41 Å². The van der Waals surface area contributed by atoms with Crippen LogP contribution in [0.25, 0.3) is 0 Å². The second kappa shape index (κ2) is 2.74. The Kier molecular flexibility index (Phi) is 1.72. The molecular formula is C11H11O. The summed E-state index contributed by atoms with van der Waals surface area (Å²) in [6.45, 7) is 0. The van der Waals surface area contributed by atoms with Crippen LogP contribution in [0.3, 0.4) is 0 Å². The van der Waals surface area contributed by atoms with Gasteiger partial charge >= 0.3 is 0 Å². The number of hydrogen-bond acceptors (Lipinski definition) is 1. The van der Waals surface area contributed by atoms with Gasteiger partial charge in [-0.2, -0.15) is 0 Å². The molecule has 0 spiro atoms. The zero-order valence-electron chi connectivity index (χ0n) is 6.92. The highest BCUT2D eigenvalue weighted by Crippen LogP contribution is 2.41. The molecule has 1 radical (unpaired) electrons. The van der Waals surface area contributed by atoms with Crippen LogP contribution in [0.1, 0.15) is 24.8 Å². The van der Waals surface area contributed by atoms with Crippen LogP contribution in [0.5, 0.6) is 0 Å². The minimum absolute atomic E-state index is 0.249. The lowest BCUT2D eigenvalue weighted by molar-refractivity contribution is 0.323. The Morgan fingerprint density at radius 3 is 2.25 bits per heavy atom. The van der Waals surface area contributed by atoms with Gasteiger partial charge in [0.2, 0.25) is 6.29 Å². The number of rotatable bonds is 2. The van der Waals surface area contributed by atoms with Crippen LogP contribution >= 0.6 is 0 Å². The van der Waals surface area contributed by atoms with Gasteiger partial charge in [-0.05, 0) is 18.4 Å². The molecule has 1 nitrogen and oxygen atoms in total. The Hall–Kier alpha value is -1.11. The lowest BCUT2D eigenvalue weighted by atomic mass is 9.66. The Morgan fingerprint density at radius 1 is 1.17 bits per heavy atom. The van der Waals surface area contributed by atoms with E-state index in [4.69, 9.17) is 0 Å². The van der Waals surface area contributed by atoms with Crippen molar-refractivity contribution in [1.82, 2.24) is 0 Å². The van der Waals surface area contributed by atoms with E-state index in [1.165, 1.54) is 0 Å². The summed E-state index contributed by atoms with van der Waals surface area (Å²) < 4.78 is 0. The van der Waals surface area contributed by atoms with E-state index in [0.717, 1.165) is 24.8 Å². The van der Waals surface area contributed by atoms with Crippen molar-refractivity contribution in [3.63, 3.8) is 0 Å². The maximum atomic E-state index is 10.8. The van der Waals surface area contributed by atoms with Crippen molar-refractivity contribution >= 4 is 6.29 Å². The third-order valence-corrected chi connectivity index (χ3v) is 2.73. The lowest BCUT2D eigenvalue weighted by Gasteiger charge is -2.36. The number of carbonyl (C=O) groups excluding carboxylic acids is 1. The molecule has 0 saturated heterocycles. The van der Waals surface area contributed by atoms with Crippen molar-refractivity contribution in [2.75, 3.05) is 0 Å². The van der Waals surface area contributed by atoms with Crippen LogP contribution in [0.2, 0.25) is 0 Å². The first-order valence-corrected chi connectivity index (χ1v) is 4.32. The topological polar surface area (TPSA) is 17.1 Å². The molecule has 1 aromatic carbocycles. The average molecular weight is 159 g/mol. The predicted octanol–water partition coefficient (Wildman–Crippen LogP) is 2.22. The van der Waals surface area contributed by atoms with Gasteiger partial charge in [0.1, 0.15) is 0 Å². The first-order valence-electron chi connectivity index (χ1n) is 4.32. The van der Waals surface area contributed by atoms with Gasteiger partial charge < -0.3 is 0 Å². The highest BCUT2D eigenvalue weighted by molar-refractivity contribution is 5.70. The third kappa shape index (κ3) is 0.970.